The van der Waals surface area contributed by atoms with Crippen LogP contribution >= 0.6 is 27.3 Å². The van der Waals surface area contributed by atoms with Gasteiger partial charge in [-0.15, -0.1) is 0 Å². The maximum absolute atomic E-state index is 12.0. The molecular weight excluding hydrogens is 356 g/mol. The average Bonchev–Trinajstić information content (AvgIpc) is 2.84. The molecule has 2 rings (SSSR count). The van der Waals surface area contributed by atoms with Crippen LogP contribution in [0.1, 0.15) is 21.5 Å². The van der Waals surface area contributed by atoms with Crippen LogP contribution in [0.25, 0.3) is 0 Å². The summed E-state index contributed by atoms with van der Waals surface area (Å²) < 4.78 is 5.83. The van der Waals surface area contributed by atoms with Crippen molar-refractivity contribution in [3.05, 3.63) is 44.9 Å². The Kier molecular flexibility index (Phi) is 5.08. The predicted molar refractivity (Wildman–Crippen MR) is 84.6 cm³/mol. The summed E-state index contributed by atoms with van der Waals surface area (Å²) in [6.45, 7) is 3.42. The van der Waals surface area contributed by atoms with E-state index in [2.05, 4.69) is 26.2 Å². The van der Waals surface area contributed by atoms with Crippen molar-refractivity contribution in [2.24, 2.45) is 0 Å². The number of ether oxygens (including phenoxy) is 1. The third-order valence-corrected chi connectivity index (χ3v) is 4.27. The number of hydrogen-bond donors (Lipinski definition) is 1. The molecule has 110 valence electrons. The maximum Gasteiger partial charge on any atom is 0.338 e. The molecule has 0 fully saturated rings. The second-order valence-electron chi connectivity index (χ2n) is 4.34. The fraction of sp³-hybridized carbons (Fsp3) is 0.214. The summed E-state index contributed by atoms with van der Waals surface area (Å²) in [4.78, 5) is 27.6. The standard InChI is InChI=1S/C14H13BrN2O3S/c1-8-4-3-5-10(9(8)2)13(19)20-7-12(18)17-14-16-6-11(15)21-14/h3-6H,7H2,1-2H3,(H,16,17,18). The number of nitrogens with one attached hydrogen (secondary N) is 1. The van der Waals surface area contributed by atoms with Crippen LogP contribution in [0.3, 0.4) is 0 Å². The van der Waals surface area contributed by atoms with Gasteiger partial charge in [-0.3, -0.25) is 10.1 Å². The van der Waals surface area contributed by atoms with E-state index in [9.17, 15) is 9.59 Å². The van der Waals surface area contributed by atoms with Gasteiger partial charge in [-0.1, -0.05) is 23.5 Å². The molecule has 0 atom stereocenters. The highest BCUT2D eigenvalue weighted by Crippen LogP contribution is 2.23. The number of rotatable bonds is 4. The molecule has 1 aromatic carbocycles. The molecule has 0 radical (unpaired) electrons. The number of amides is 1. The van der Waals surface area contributed by atoms with Crippen LogP contribution < -0.4 is 5.32 Å². The fourth-order valence-corrected chi connectivity index (χ4v) is 2.77. The smallest absolute Gasteiger partial charge is 0.338 e. The van der Waals surface area contributed by atoms with Gasteiger partial charge in [0.15, 0.2) is 11.7 Å². The van der Waals surface area contributed by atoms with Gasteiger partial charge in [0.05, 0.1) is 15.5 Å². The van der Waals surface area contributed by atoms with Crippen LogP contribution in [-0.4, -0.2) is 23.5 Å². The summed E-state index contributed by atoms with van der Waals surface area (Å²) in [5.74, 6) is -0.929. The number of aromatic nitrogens is 1. The van der Waals surface area contributed by atoms with Gasteiger partial charge in [-0.2, -0.15) is 0 Å². The monoisotopic (exact) mass is 368 g/mol. The van der Waals surface area contributed by atoms with Gasteiger partial charge in [0.2, 0.25) is 0 Å². The molecule has 5 nitrogen and oxygen atoms in total. The molecule has 0 saturated carbocycles. The zero-order valence-electron chi connectivity index (χ0n) is 11.5. The molecule has 0 aliphatic rings. The lowest BCUT2D eigenvalue weighted by Gasteiger charge is -2.08. The van der Waals surface area contributed by atoms with Crippen molar-refractivity contribution in [3.63, 3.8) is 0 Å². The van der Waals surface area contributed by atoms with E-state index < -0.39 is 11.9 Å². The molecule has 0 aliphatic heterocycles. The lowest BCUT2D eigenvalue weighted by Crippen LogP contribution is -2.21. The third-order valence-electron chi connectivity index (χ3n) is 2.88. The highest BCUT2D eigenvalue weighted by atomic mass is 79.9. The molecule has 7 heteroatoms. The van der Waals surface area contributed by atoms with Crippen molar-refractivity contribution in [2.45, 2.75) is 13.8 Å². The van der Waals surface area contributed by atoms with Crippen molar-refractivity contribution in [1.82, 2.24) is 4.98 Å². The first kappa shape index (κ1) is 15.7. The Morgan fingerprint density at radius 1 is 1.38 bits per heavy atom. The Balaban J connectivity index is 1.92. The van der Waals surface area contributed by atoms with E-state index in [0.717, 1.165) is 14.9 Å². The lowest BCUT2D eigenvalue weighted by atomic mass is 10.0. The Hall–Kier alpha value is -1.73. The van der Waals surface area contributed by atoms with E-state index in [1.165, 1.54) is 11.3 Å². The first-order chi connectivity index (χ1) is 9.97. The van der Waals surface area contributed by atoms with Crippen LogP contribution in [0.5, 0.6) is 0 Å². The maximum atomic E-state index is 12.0. The normalized spacial score (nSPS) is 10.2. The largest absolute Gasteiger partial charge is 0.452 e. The Morgan fingerprint density at radius 2 is 2.14 bits per heavy atom. The van der Waals surface area contributed by atoms with Crippen molar-refractivity contribution >= 4 is 44.3 Å². The highest BCUT2D eigenvalue weighted by Gasteiger charge is 2.14. The molecule has 0 saturated heterocycles. The van der Waals surface area contributed by atoms with E-state index >= 15 is 0 Å². The minimum absolute atomic E-state index is 0.344. The number of carbonyl (C=O) groups excluding carboxylic acids is 2. The lowest BCUT2D eigenvalue weighted by molar-refractivity contribution is -0.119. The number of aryl methyl sites for hydroxylation is 1. The Bertz CT molecular complexity index is 685. The highest BCUT2D eigenvalue weighted by molar-refractivity contribution is 9.11. The van der Waals surface area contributed by atoms with Crippen molar-refractivity contribution in [2.75, 3.05) is 11.9 Å². The van der Waals surface area contributed by atoms with Crippen LogP contribution in [0, 0.1) is 13.8 Å². The third kappa shape index (κ3) is 4.12. The van der Waals surface area contributed by atoms with E-state index in [-0.39, 0.29) is 6.61 Å². The van der Waals surface area contributed by atoms with Crippen molar-refractivity contribution < 1.29 is 14.3 Å². The summed E-state index contributed by atoms with van der Waals surface area (Å²) in [5.41, 5.74) is 2.33. The molecule has 0 spiro atoms. The van der Waals surface area contributed by atoms with Crippen molar-refractivity contribution in [1.29, 1.82) is 0 Å². The SMILES string of the molecule is Cc1cccc(C(=O)OCC(=O)Nc2ncc(Br)s2)c1C. The first-order valence-electron chi connectivity index (χ1n) is 6.12. The first-order valence-corrected chi connectivity index (χ1v) is 7.73. The summed E-state index contributed by atoms with van der Waals surface area (Å²) >= 11 is 4.53. The zero-order valence-corrected chi connectivity index (χ0v) is 13.9. The second kappa shape index (κ2) is 6.82. The summed E-state index contributed by atoms with van der Waals surface area (Å²) in [6, 6.07) is 5.38. The van der Waals surface area contributed by atoms with Crippen LogP contribution in [0.2, 0.25) is 0 Å². The van der Waals surface area contributed by atoms with Gasteiger partial charge < -0.3 is 4.74 Å². The van der Waals surface area contributed by atoms with E-state index in [0.29, 0.717) is 10.7 Å². The van der Waals surface area contributed by atoms with Gasteiger partial charge in [-0.05, 0) is 47.0 Å². The van der Waals surface area contributed by atoms with Gasteiger partial charge in [0.25, 0.3) is 5.91 Å². The number of carbonyl (C=O) groups is 2. The molecule has 0 unspecified atom stereocenters. The molecule has 1 heterocycles. The van der Waals surface area contributed by atoms with Gasteiger partial charge in [0, 0.05) is 0 Å². The number of nitrogens with zero attached hydrogens (tertiary/aromatic N) is 1. The molecule has 1 amide bonds. The number of esters is 1. The quantitative estimate of drug-likeness (QED) is 0.840. The van der Waals surface area contributed by atoms with E-state index in [1.54, 1.807) is 18.3 Å². The number of thiazole rings is 1. The predicted octanol–water partition coefficient (Wildman–Crippen LogP) is 3.32. The summed E-state index contributed by atoms with van der Waals surface area (Å²) in [7, 11) is 0. The van der Waals surface area contributed by atoms with E-state index in [1.807, 2.05) is 19.9 Å². The summed E-state index contributed by atoms with van der Waals surface area (Å²) in [6.07, 6.45) is 1.59. The van der Waals surface area contributed by atoms with E-state index in [4.69, 9.17) is 4.74 Å². The Labute approximate surface area is 134 Å². The van der Waals surface area contributed by atoms with Crippen molar-refractivity contribution in [3.8, 4) is 0 Å². The van der Waals surface area contributed by atoms with Gasteiger partial charge in [-0.25, -0.2) is 9.78 Å². The average molecular weight is 369 g/mol. The molecule has 1 N–H and O–H groups in total. The number of anilines is 1. The number of hydrogen-bond acceptors (Lipinski definition) is 5. The molecular formula is C14H13BrN2O3S. The topological polar surface area (TPSA) is 68.3 Å². The van der Waals surface area contributed by atoms with Gasteiger partial charge >= 0.3 is 5.97 Å². The summed E-state index contributed by atoms with van der Waals surface area (Å²) in [5, 5.41) is 3.01. The fourth-order valence-electron chi connectivity index (χ4n) is 1.65. The number of benzene rings is 1. The Morgan fingerprint density at radius 3 is 2.81 bits per heavy atom. The molecule has 1 aromatic heterocycles. The molecule has 0 bridgehead atoms. The molecule has 2 aromatic rings. The minimum Gasteiger partial charge on any atom is -0.452 e. The van der Waals surface area contributed by atoms with Gasteiger partial charge in [0.1, 0.15) is 0 Å². The second-order valence-corrected chi connectivity index (χ2v) is 6.75. The van der Waals surface area contributed by atoms with Crippen LogP contribution in [-0.2, 0) is 9.53 Å². The molecule has 0 aliphatic carbocycles. The minimum atomic E-state index is -0.508. The zero-order chi connectivity index (χ0) is 15.4. The molecule has 21 heavy (non-hydrogen) atoms. The van der Waals surface area contributed by atoms with Crippen LogP contribution in [0.15, 0.2) is 28.2 Å². The number of halogens is 1. The van der Waals surface area contributed by atoms with Crippen LogP contribution in [0.4, 0.5) is 5.13 Å².